The van der Waals surface area contributed by atoms with Gasteiger partial charge in [0.2, 0.25) is 0 Å². The van der Waals surface area contributed by atoms with Crippen molar-refractivity contribution in [1.29, 1.82) is 10.5 Å². The van der Waals surface area contributed by atoms with Crippen LogP contribution in [0.2, 0.25) is 0 Å². The van der Waals surface area contributed by atoms with Crippen LogP contribution < -0.4 is 14.8 Å². The van der Waals surface area contributed by atoms with Crippen molar-refractivity contribution in [2.75, 3.05) is 12.4 Å². The van der Waals surface area contributed by atoms with Gasteiger partial charge < -0.3 is 9.47 Å². The Morgan fingerprint density at radius 2 is 1.79 bits per heavy atom. The Bertz CT molecular complexity index is 830. The van der Waals surface area contributed by atoms with E-state index in [4.69, 9.17) is 20.0 Å². The molecule has 0 spiro atoms. The number of allylic oxidation sites excluding steroid dienone is 1. The van der Waals surface area contributed by atoms with Crippen LogP contribution in [0.15, 0.2) is 54.1 Å². The second-order valence-electron chi connectivity index (χ2n) is 4.57. The molecule has 24 heavy (non-hydrogen) atoms. The highest BCUT2D eigenvalue weighted by atomic mass is 16.6. The number of carbonyl (C=O) groups excluding carboxylic acids is 1. The van der Waals surface area contributed by atoms with E-state index < -0.39 is 6.09 Å². The number of para-hydroxylation sites is 1. The van der Waals surface area contributed by atoms with Crippen molar-refractivity contribution in [1.82, 2.24) is 0 Å². The van der Waals surface area contributed by atoms with Gasteiger partial charge in [-0.25, -0.2) is 4.79 Å². The Morgan fingerprint density at radius 3 is 2.42 bits per heavy atom. The first-order valence-corrected chi connectivity index (χ1v) is 6.90. The third-order valence-corrected chi connectivity index (χ3v) is 2.96. The van der Waals surface area contributed by atoms with E-state index >= 15 is 0 Å². The lowest BCUT2D eigenvalue weighted by Gasteiger charge is -2.10. The smallest absolute Gasteiger partial charge is 0.417 e. The molecule has 118 valence electrons. The minimum absolute atomic E-state index is 0.0347. The Morgan fingerprint density at radius 1 is 1.08 bits per heavy atom. The van der Waals surface area contributed by atoms with Crippen LogP contribution in [0.4, 0.5) is 10.5 Å². The fourth-order valence-corrected chi connectivity index (χ4v) is 1.88. The summed E-state index contributed by atoms with van der Waals surface area (Å²) in [4.78, 5) is 11.9. The lowest BCUT2D eigenvalue weighted by molar-refractivity contribution is 0.213. The van der Waals surface area contributed by atoms with E-state index in [1.54, 1.807) is 48.5 Å². The molecule has 0 bridgehead atoms. The van der Waals surface area contributed by atoms with Crippen LogP contribution in [0.25, 0.3) is 6.08 Å². The molecule has 6 heteroatoms. The van der Waals surface area contributed by atoms with Gasteiger partial charge in [-0.05, 0) is 35.9 Å². The molecule has 0 aliphatic heterocycles. The number of nitriles is 2. The molecule has 0 saturated heterocycles. The first kappa shape index (κ1) is 16.6. The average Bonchev–Trinajstić information content (AvgIpc) is 2.61. The van der Waals surface area contributed by atoms with E-state index in [2.05, 4.69) is 5.32 Å². The minimum atomic E-state index is -0.655. The summed E-state index contributed by atoms with van der Waals surface area (Å²) in [5, 5.41) is 20.1. The Kier molecular flexibility index (Phi) is 5.55. The van der Waals surface area contributed by atoms with E-state index in [1.807, 2.05) is 6.07 Å². The fourth-order valence-electron chi connectivity index (χ4n) is 1.88. The molecular formula is C18H13N3O3. The Labute approximate surface area is 139 Å². The van der Waals surface area contributed by atoms with E-state index in [9.17, 15) is 4.79 Å². The van der Waals surface area contributed by atoms with Crippen molar-refractivity contribution in [3.63, 3.8) is 0 Å². The van der Waals surface area contributed by atoms with Gasteiger partial charge >= 0.3 is 6.09 Å². The maximum atomic E-state index is 11.9. The first-order valence-electron chi connectivity index (χ1n) is 6.90. The second kappa shape index (κ2) is 8.02. The van der Waals surface area contributed by atoms with Gasteiger partial charge in [0.1, 0.15) is 17.7 Å². The van der Waals surface area contributed by atoms with E-state index in [0.29, 0.717) is 17.0 Å². The number of carbonyl (C=O) groups is 1. The van der Waals surface area contributed by atoms with Crippen LogP contribution in [0.5, 0.6) is 11.5 Å². The summed E-state index contributed by atoms with van der Waals surface area (Å²) in [6.07, 6.45) is 0.758. The number of rotatable bonds is 4. The van der Waals surface area contributed by atoms with Crippen LogP contribution in [0.1, 0.15) is 5.56 Å². The van der Waals surface area contributed by atoms with Crippen molar-refractivity contribution in [3.8, 4) is 23.6 Å². The summed E-state index contributed by atoms with van der Waals surface area (Å²) in [5.74, 6) is 0.528. The van der Waals surface area contributed by atoms with Gasteiger partial charge in [-0.15, -0.1) is 0 Å². The number of amides is 1. The van der Waals surface area contributed by atoms with Gasteiger partial charge in [0, 0.05) is 5.69 Å². The molecule has 0 unspecified atom stereocenters. The molecule has 0 radical (unpaired) electrons. The summed E-state index contributed by atoms with van der Waals surface area (Å²) in [6, 6.07) is 17.1. The highest BCUT2D eigenvalue weighted by Crippen LogP contribution is 2.29. The number of nitrogens with zero attached hydrogens (tertiary/aromatic N) is 2. The average molecular weight is 319 g/mol. The molecule has 2 aromatic rings. The minimum Gasteiger partial charge on any atom is -0.493 e. The Hall–Kier alpha value is -3.77. The van der Waals surface area contributed by atoms with Gasteiger partial charge in [0.15, 0.2) is 11.5 Å². The number of anilines is 1. The summed E-state index contributed by atoms with van der Waals surface area (Å²) >= 11 is 0. The molecule has 0 fully saturated rings. The number of methoxy groups -OCH3 is 1. The predicted molar refractivity (Wildman–Crippen MR) is 88.3 cm³/mol. The maximum absolute atomic E-state index is 11.9. The fraction of sp³-hybridized carbons (Fsp3) is 0.0556. The van der Waals surface area contributed by atoms with E-state index in [1.165, 1.54) is 19.3 Å². The highest BCUT2D eigenvalue weighted by Gasteiger charge is 2.11. The zero-order chi connectivity index (χ0) is 17.4. The molecule has 6 nitrogen and oxygen atoms in total. The quantitative estimate of drug-likeness (QED) is 0.866. The van der Waals surface area contributed by atoms with Gasteiger partial charge in [0.05, 0.1) is 7.11 Å². The van der Waals surface area contributed by atoms with E-state index in [0.717, 1.165) is 0 Å². The molecule has 1 N–H and O–H groups in total. The third kappa shape index (κ3) is 4.36. The van der Waals surface area contributed by atoms with Crippen LogP contribution in [0, 0.1) is 22.7 Å². The molecule has 2 aromatic carbocycles. The SMILES string of the molecule is COc1cc(C=C(C#N)C#N)ccc1OC(=O)Nc1ccccc1. The van der Waals surface area contributed by atoms with E-state index in [-0.39, 0.29) is 11.3 Å². The zero-order valence-electron chi connectivity index (χ0n) is 12.8. The number of nitrogens with one attached hydrogen (secondary N) is 1. The predicted octanol–water partition coefficient (Wildman–Crippen LogP) is 3.74. The van der Waals surface area contributed by atoms with Crippen LogP contribution in [0.3, 0.4) is 0 Å². The summed E-state index contributed by atoms with van der Waals surface area (Å²) in [5.41, 5.74) is 1.15. The number of hydrogen-bond donors (Lipinski definition) is 1. The maximum Gasteiger partial charge on any atom is 0.417 e. The van der Waals surface area contributed by atoms with Crippen LogP contribution in [-0.2, 0) is 0 Å². The van der Waals surface area contributed by atoms with Crippen molar-refractivity contribution < 1.29 is 14.3 Å². The van der Waals surface area contributed by atoms with Gasteiger partial charge in [0.25, 0.3) is 0 Å². The lowest BCUT2D eigenvalue weighted by Crippen LogP contribution is -2.17. The molecule has 1 amide bonds. The normalized spacial score (nSPS) is 9.12. The molecule has 0 saturated carbocycles. The molecule has 2 rings (SSSR count). The third-order valence-electron chi connectivity index (χ3n) is 2.96. The van der Waals surface area contributed by atoms with Crippen LogP contribution >= 0.6 is 0 Å². The number of hydrogen-bond acceptors (Lipinski definition) is 5. The number of benzene rings is 2. The van der Waals surface area contributed by atoms with Crippen molar-refractivity contribution in [2.45, 2.75) is 0 Å². The molecule has 0 aliphatic rings. The van der Waals surface area contributed by atoms with Crippen LogP contribution in [-0.4, -0.2) is 13.2 Å². The molecule has 0 atom stereocenters. The monoisotopic (exact) mass is 319 g/mol. The van der Waals surface area contributed by atoms with Crippen molar-refractivity contribution in [2.24, 2.45) is 0 Å². The standard InChI is InChI=1S/C18H13N3O3/c1-23-17-10-13(9-14(11-19)12-20)7-8-16(17)24-18(22)21-15-5-3-2-4-6-15/h2-10H,1H3,(H,21,22). The van der Waals surface area contributed by atoms with Crippen molar-refractivity contribution >= 4 is 17.9 Å². The molecule has 0 heterocycles. The summed E-state index contributed by atoms with van der Waals surface area (Å²) in [7, 11) is 1.43. The van der Waals surface area contributed by atoms with Gasteiger partial charge in [-0.3, -0.25) is 5.32 Å². The topological polar surface area (TPSA) is 95.1 Å². The molecular weight excluding hydrogens is 306 g/mol. The lowest BCUT2D eigenvalue weighted by atomic mass is 10.1. The summed E-state index contributed by atoms with van der Waals surface area (Å²) < 4.78 is 10.4. The van der Waals surface area contributed by atoms with Crippen molar-refractivity contribution in [3.05, 3.63) is 59.7 Å². The molecule has 0 aliphatic carbocycles. The first-order chi connectivity index (χ1) is 11.7. The summed E-state index contributed by atoms with van der Waals surface area (Å²) in [6.45, 7) is 0. The highest BCUT2D eigenvalue weighted by molar-refractivity contribution is 5.86. The second-order valence-corrected chi connectivity index (χ2v) is 4.57. The van der Waals surface area contributed by atoms with Gasteiger partial charge in [-0.2, -0.15) is 10.5 Å². The Balaban J connectivity index is 2.16. The zero-order valence-corrected chi connectivity index (χ0v) is 12.8. The molecule has 0 aromatic heterocycles. The largest absolute Gasteiger partial charge is 0.493 e. The number of ether oxygens (including phenoxy) is 2. The van der Waals surface area contributed by atoms with Gasteiger partial charge in [-0.1, -0.05) is 24.3 Å².